The number of carbonyl (C=O) groups excluding carboxylic acids is 1. The maximum atomic E-state index is 12.9. The largest absolute Gasteiger partial charge is 0.416 e. The van der Waals surface area contributed by atoms with E-state index in [0.717, 1.165) is 12.1 Å². The molecule has 1 aliphatic rings. The smallest absolute Gasteiger partial charge is 0.380 e. The Hall–Kier alpha value is -3.27. The molecule has 3 aromatic rings. The molecule has 2 aromatic heterocycles. The summed E-state index contributed by atoms with van der Waals surface area (Å²) >= 11 is 0. The Morgan fingerprint density at radius 1 is 1.23 bits per heavy atom. The Morgan fingerprint density at radius 3 is 2.67 bits per heavy atom. The fourth-order valence-electron chi connectivity index (χ4n) is 3.11. The number of pyridine rings is 1. The minimum Gasteiger partial charge on any atom is -0.380 e. The molecule has 1 N–H and O–H groups in total. The number of halogens is 3. The Labute approximate surface area is 169 Å². The molecule has 0 spiro atoms. The number of alkyl halides is 3. The lowest BCUT2D eigenvalue weighted by molar-refractivity contribution is -0.137. The molecular formula is C20H18F3N5O2. The lowest BCUT2D eigenvalue weighted by Gasteiger charge is -2.37. The van der Waals surface area contributed by atoms with Crippen LogP contribution < -0.4 is 5.32 Å². The van der Waals surface area contributed by atoms with Crippen LogP contribution in [-0.4, -0.2) is 39.1 Å². The second-order valence-electron chi connectivity index (χ2n) is 7.57. The standard InChI is InChI=1S/C20H18F3N5O2/c1-19(11-30-12-19)10-28-9-16(26-27-28)18(29)25-17-6-5-14(8-24-17)13-3-2-4-15(7-13)20(21,22)23/h2-9H,10-12H2,1H3,(H,24,25,29). The second kappa shape index (κ2) is 7.52. The zero-order valence-corrected chi connectivity index (χ0v) is 16.0. The van der Waals surface area contributed by atoms with Crippen LogP contribution in [0.2, 0.25) is 0 Å². The van der Waals surface area contributed by atoms with Gasteiger partial charge in [-0.15, -0.1) is 5.10 Å². The number of rotatable bonds is 5. The van der Waals surface area contributed by atoms with Gasteiger partial charge in [0.05, 0.1) is 31.5 Å². The van der Waals surface area contributed by atoms with E-state index in [-0.39, 0.29) is 16.9 Å². The summed E-state index contributed by atoms with van der Waals surface area (Å²) in [5.74, 6) is -0.222. The predicted octanol–water partition coefficient (Wildman–Crippen LogP) is 3.65. The Balaban J connectivity index is 1.42. The summed E-state index contributed by atoms with van der Waals surface area (Å²) in [6, 6.07) is 8.08. The number of benzene rings is 1. The zero-order valence-electron chi connectivity index (χ0n) is 16.0. The third-order valence-electron chi connectivity index (χ3n) is 4.74. The SMILES string of the molecule is CC1(Cn2cc(C(=O)Nc3ccc(-c4cccc(C(F)(F)F)c4)cn3)nn2)COC1. The first-order valence-corrected chi connectivity index (χ1v) is 9.15. The van der Waals surface area contributed by atoms with E-state index in [1.807, 2.05) is 0 Å². The van der Waals surface area contributed by atoms with E-state index in [0.29, 0.717) is 30.9 Å². The van der Waals surface area contributed by atoms with Crippen molar-refractivity contribution >= 4 is 11.7 Å². The van der Waals surface area contributed by atoms with E-state index in [1.54, 1.807) is 23.0 Å². The van der Waals surface area contributed by atoms with Gasteiger partial charge in [0, 0.05) is 17.2 Å². The lowest BCUT2D eigenvalue weighted by Crippen LogP contribution is -2.43. The van der Waals surface area contributed by atoms with Gasteiger partial charge < -0.3 is 10.1 Å². The quantitative estimate of drug-likeness (QED) is 0.685. The van der Waals surface area contributed by atoms with Gasteiger partial charge >= 0.3 is 6.18 Å². The molecule has 3 heterocycles. The predicted molar refractivity (Wildman–Crippen MR) is 102 cm³/mol. The molecule has 4 rings (SSSR count). The normalized spacial score (nSPS) is 15.5. The topological polar surface area (TPSA) is 81.9 Å². The van der Waals surface area contributed by atoms with Crippen LogP contribution in [0, 0.1) is 5.41 Å². The molecule has 1 aliphatic heterocycles. The maximum Gasteiger partial charge on any atom is 0.416 e. The van der Waals surface area contributed by atoms with Gasteiger partial charge in [-0.1, -0.05) is 24.3 Å². The van der Waals surface area contributed by atoms with Crippen LogP contribution in [0.1, 0.15) is 23.0 Å². The number of carbonyl (C=O) groups is 1. The summed E-state index contributed by atoms with van der Waals surface area (Å²) in [6.45, 7) is 3.93. The summed E-state index contributed by atoms with van der Waals surface area (Å²) in [5.41, 5.74) is 0.278. The summed E-state index contributed by atoms with van der Waals surface area (Å²) in [5, 5.41) is 10.5. The first-order chi connectivity index (χ1) is 14.2. The average Bonchev–Trinajstić information content (AvgIpc) is 3.15. The number of hydrogen-bond donors (Lipinski definition) is 1. The summed E-state index contributed by atoms with van der Waals surface area (Å²) < 4.78 is 45.5. The molecule has 10 heteroatoms. The number of amides is 1. The van der Waals surface area contributed by atoms with Crippen molar-refractivity contribution in [3.63, 3.8) is 0 Å². The van der Waals surface area contributed by atoms with Gasteiger partial charge in [-0.2, -0.15) is 13.2 Å². The van der Waals surface area contributed by atoms with Gasteiger partial charge in [0.25, 0.3) is 5.91 Å². The highest BCUT2D eigenvalue weighted by molar-refractivity contribution is 6.02. The van der Waals surface area contributed by atoms with Gasteiger partial charge in [0.2, 0.25) is 0 Å². The number of ether oxygens (including phenoxy) is 1. The van der Waals surface area contributed by atoms with Crippen LogP contribution in [-0.2, 0) is 17.5 Å². The molecule has 7 nitrogen and oxygen atoms in total. The Morgan fingerprint density at radius 2 is 2.03 bits per heavy atom. The van der Waals surface area contributed by atoms with Gasteiger partial charge in [-0.25, -0.2) is 4.98 Å². The highest BCUT2D eigenvalue weighted by Crippen LogP contribution is 2.32. The Bertz CT molecular complexity index is 1060. The highest BCUT2D eigenvalue weighted by atomic mass is 19.4. The first kappa shape index (κ1) is 20.0. The molecule has 1 amide bonds. The highest BCUT2D eigenvalue weighted by Gasteiger charge is 2.34. The summed E-state index contributed by atoms with van der Waals surface area (Å²) in [6.07, 6.45) is -1.47. The van der Waals surface area contributed by atoms with E-state index < -0.39 is 17.6 Å². The maximum absolute atomic E-state index is 12.9. The van der Waals surface area contributed by atoms with E-state index >= 15 is 0 Å². The van der Waals surface area contributed by atoms with Gasteiger partial charge in [-0.3, -0.25) is 9.48 Å². The molecule has 156 valence electrons. The third kappa shape index (κ3) is 4.33. The Kier molecular flexibility index (Phi) is 5.02. The van der Waals surface area contributed by atoms with Crippen molar-refractivity contribution in [2.24, 2.45) is 5.41 Å². The number of anilines is 1. The van der Waals surface area contributed by atoms with Gasteiger partial charge in [0.15, 0.2) is 5.69 Å². The molecule has 0 unspecified atom stereocenters. The molecule has 0 atom stereocenters. The molecule has 0 radical (unpaired) electrons. The van der Waals surface area contributed by atoms with Crippen LogP contribution >= 0.6 is 0 Å². The van der Waals surface area contributed by atoms with Crippen LogP contribution in [0.5, 0.6) is 0 Å². The molecule has 30 heavy (non-hydrogen) atoms. The van der Waals surface area contributed by atoms with Crippen molar-refractivity contribution in [3.05, 3.63) is 60.0 Å². The number of hydrogen-bond acceptors (Lipinski definition) is 5. The minimum absolute atomic E-state index is 0.0117. The van der Waals surface area contributed by atoms with Crippen LogP contribution in [0.3, 0.4) is 0 Å². The van der Waals surface area contributed by atoms with Crippen LogP contribution in [0.25, 0.3) is 11.1 Å². The van der Waals surface area contributed by atoms with Gasteiger partial charge in [0.1, 0.15) is 5.82 Å². The van der Waals surface area contributed by atoms with Crippen LogP contribution in [0.4, 0.5) is 19.0 Å². The minimum atomic E-state index is -4.42. The van der Waals surface area contributed by atoms with E-state index in [1.165, 1.54) is 18.3 Å². The molecule has 1 fully saturated rings. The van der Waals surface area contributed by atoms with Crippen LogP contribution in [0.15, 0.2) is 48.8 Å². The summed E-state index contributed by atoms with van der Waals surface area (Å²) in [7, 11) is 0. The fraction of sp³-hybridized carbons (Fsp3) is 0.300. The summed E-state index contributed by atoms with van der Waals surface area (Å²) in [4.78, 5) is 16.5. The first-order valence-electron chi connectivity index (χ1n) is 9.15. The van der Waals surface area contributed by atoms with Crippen molar-refractivity contribution in [1.82, 2.24) is 20.0 Å². The number of nitrogens with one attached hydrogen (secondary N) is 1. The third-order valence-corrected chi connectivity index (χ3v) is 4.74. The van der Waals surface area contributed by atoms with Crippen molar-refractivity contribution in [2.75, 3.05) is 18.5 Å². The van der Waals surface area contributed by atoms with Gasteiger partial charge in [-0.05, 0) is 29.8 Å². The molecule has 0 aliphatic carbocycles. The van der Waals surface area contributed by atoms with Crippen molar-refractivity contribution < 1.29 is 22.7 Å². The average molecular weight is 417 g/mol. The molecule has 1 aromatic carbocycles. The monoisotopic (exact) mass is 417 g/mol. The molecular weight excluding hydrogens is 399 g/mol. The zero-order chi connectivity index (χ0) is 21.4. The molecule has 0 bridgehead atoms. The van der Waals surface area contributed by atoms with E-state index in [9.17, 15) is 18.0 Å². The number of nitrogens with zero attached hydrogens (tertiary/aromatic N) is 4. The van der Waals surface area contributed by atoms with Crippen molar-refractivity contribution in [1.29, 1.82) is 0 Å². The van der Waals surface area contributed by atoms with E-state index in [2.05, 4.69) is 27.5 Å². The molecule has 1 saturated heterocycles. The second-order valence-corrected chi connectivity index (χ2v) is 7.57. The van der Waals surface area contributed by atoms with E-state index in [4.69, 9.17) is 4.74 Å². The molecule has 0 saturated carbocycles. The number of aromatic nitrogens is 4. The van der Waals surface area contributed by atoms with Crippen molar-refractivity contribution in [3.8, 4) is 11.1 Å². The fourth-order valence-corrected chi connectivity index (χ4v) is 3.11. The lowest BCUT2D eigenvalue weighted by atomic mass is 9.89. The van der Waals surface area contributed by atoms with Crippen molar-refractivity contribution in [2.45, 2.75) is 19.6 Å².